The van der Waals surface area contributed by atoms with Gasteiger partial charge in [-0.1, -0.05) is 33.3 Å². The van der Waals surface area contributed by atoms with Crippen LogP contribution < -0.4 is 0 Å². The van der Waals surface area contributed by atoms with Crippen LogP contribution in [0.4, 0.5) is 0 Å². The molecule has 2 rings (SSSR count). The van der Waals surface area contributed by atoms with Gasteiger partial charge < -0.3 is 14.9 Å². The van der Waals surface area contributed by atoms with Crippen molar-refractivity contribution in [3.63, 3.8) is 0 Å². The number of hydrogen-bond donors (Lipinski definition) is 2. The zero-order valence-corrected chi connectivity index (χ0v) is 13.6. The average Bonchev–Trinajstić information content (AvgIpc) is 2.62. The lowest BCUT2D eigenvalue weighted by Gasteiger charge is -2.48. The van der Waals surface area contributed by atoms with Gasteiger partial charge in [0.05, 0.1) is 5.60 Å². The molecule has 0 bridgehead atoms. The summed E-state index contributed by atoms with van der Waals surface area (Å²) in [5, 5.41) is 21.2. The van der Waals surface area contributed by atoms with Gasteiger partial charge in [0.1, 0.15) is 12.2 Å². The molecule has 116 valence electrons. The lowest BCUT2D eigenvalue weighted by atomic mass is 9.60. The van der Waals surface area contributed by atoms with E-state index in [1.54, 1.807) is 0 Å². The van der Waals surface area contributed by atoms with Crippen LogP contribution in [0.2, 0.25) is 0 Å². The van der Waals surface area contributed by atoms with E-state index >= 15 is 0 Å². The molecule has 3 nitrogen and oxygen atoms in total. The van der Waals surface area contributed by atoms with Crippen LogP contribution >= 0.6 is 0 Å². The summed E-state index contributed by atoms with van der Waals surface area (Å²) in [6.45, 7) is 11.1. The van der Waals surface area contributed by atoms with Crippen molar-refractivity contribution in [2.75, 3.05) is 6.61 Å². The number of rotatable bonds is 3. The topological polar surface area (TPSA) is 49.7 Å². The molecule has 0 saturated heterocycles. The molecule has 4 atom stereocenters. The highest BCUT2D eigenvalue weighted by Gasteiger charge is 2.53. The van der Waals surface area contributed by atoms with E-state index in [-0.39, 0.29) is 10.8 Å². The maximum atomic E-state index is 10.7. The quantitative estimate of drug-likeness (QED) is 0.782. The van der Waals surface area contributed by atoms with Gasteiger partial charge in [-0.2, -0.15) is 0 Å². The molecule has 0 aromatic carbocycles. The molecule has 0 heterocycles. The zero-order valence-electron chi connectivity index (χ0n) is 13.6. The maximum absolute atomic E-state index is 10.7. The Labute approximate surface area is 123 Å². The minimum Gasteiger partial charge on any atom is -0.387 e. The smallest absolute Gasteiger partial charge is 0.113 e. The molecule has 3 heteroatoms. The molecule has 0 aromatic heterocycles. The fourth-order valence-electron chi connectivity index (χ4n) is 4.12. The predicted octanol–water partition coefficient (Wildman–Crippen LogP) is 3.05. The first-order valence-corrected chi connectivity index (χ1v) is 7.88. The Kier molecular flexibility index (Phi) is 4.09. The molecule has 1 fully saturated rings. The van der Waals surface area contributed by atoms with Crippen LogP contribution in [0, 0.1) is 10.8 Å². The minimum absolute atomic E-state index is 0.0268. The highest BCUT2D eigenvalue weighted by atomic mass is 16.5. The van der Waals surface area contributed by atoms with Crippen LogP contribution in [-0.4, -0.2) is 34.6 Å². The highest BCUT2D eigenvalue weighted by molar-refractivity contribution is 5.29. The molecule has 0 radical (unpaired) electrons. The van der Waals surface area contributed by atoms with Gasteiger partial charge in [-0.25, -0.2) is 0 Å². The lowest BCUT2D eigenvalue weighted by Crippen LogP contribution is -2.54. The van der Waals surface area contributed by atoms with Crippen molar-refractivity contribution in [2.45, 2.75) is 78.1 Å². The highest BCUT2D eigenvalue weighted by Crippen LogP contribution is 2.58. The van der Waals surface area contributed by atoms with Gasteiger partial charge in [0.15, 0.2) is 0 Å². The number of aliphatic hydroxyl groups is 2. The normalized spacial score (nSPS) is 44.5. The molecule has 2 N–H and O–H groups in total. The SMILES string of the molecule is CCO[C@]1(C)CC=C([C@]2(C)CCCC2(C)C)[C@H](O)[C@@H]1O. The molecule has 2 aliphatic carbocycles. The number of hydrogen-bond acceptors (Lipinski definition) is 3. The summed E-state index contributed by atoms with van der Waals surface area (Å²) in [5.41, 5.74) is 0.487. The second kappa shape index (κ2) is 5.11. The van der Waals surface area contributed by atoms with Crippen molar-refractivity contribution in [2.24, 2.45) is 10.8 Å². The Morgan fingerprint density at radius 1 is 1.20 bits per heavy atom. The summed E-state index contributed by atoms with van der Waals surface area (Å²) < 4.78 is 5.69. The number of aliphatic hydroxyl groups excluding tert-OH is 2. The molecule has 0 aliphatic heterocycles. The zero-order chi connectivity index (χ0) is 15.2. The summed E-state index contributed by atoms with van der Waals surface area (Å²) in [6, 6.07) is 0. The van der Waals surface area contributed by atoms with Gasteiger partial charge in [-0.3, -0.25) is 0 Å². The third-order valence-electron chi connectivity index (χ3n) is 6.05. The fourth-order valence-corrected chi connectivity index (χ4v) is 4.12. The third kappa shape index (κ3) is 2.24. The first-order valence-electron chi connectivity index (χ1n) is 7.88. The van der Waals surface area contributed by atoms with E-state index < -0.39 is 17.8 Å². The number of ether oxygens (including phenoxy) is 1. The molecule has 20 heavy (non-hydrogen) atoms. The van der Waals surface area contributed by atoms with Crippen molar-refractivity contribution in [1.29, 1.82) is 0 Å². The van der Waals surface area contributed by atoms with Crippen molar-refractivity contribution in [3.8, 4) is 0 Å². The first kappa shape index (κ1) is 16.0. The average molecular weight is 282 g/mol. The van der Waals surface area contributed by atoms with Gasteiger partial charge in [0.2, 0.25) is 0 Å². The van der Waals surface area contributed by atoms with Crippen LogP contribution in [-0.2, 0) is 4.74 Å². The summed E-state index contributed by atoms with van der Waals surface area (Å²) in [5.74, 6) is 0. The molecular formula is C17H30O3. The van der Waals surface area contributed by atoms with Gasteiger partial charge in [0, 0.05) is 6.61 Å². The predicted molar refractivity (Wildman–Crippen MR) is 80.5 cm³/mol. The van der Waals surface area contributed by atoms with E-state index in [0.29, 0.717) is 13.0 Å². The van der Waals surface area contributed by atoms with Crippen LogP contribution in [0.1, 0.15) is 60.3 Å². The Hall–Kier alpha value is -0.380. The van der Waals surface area contributed by atoms with Crippen molar-refractivity contribution < 1.29 is 14.9 Å². The molecular weight excluding hydrogens is 252 g/mol. The van der Waals surface area contributed by atoms with Crippen molar-refractivity contribution in [3.05, 3.63) is 11.6 Å². The van der Waals surface area contributed by atoms with E-state index in [9.17, 15) is 10.2 Å². The standard InChI is InChI=1S/C17H30O3/c1-6-20-17(5)11-8-12(13(18)14(17)19)16(4)10-7-9-15(16,2)3/h8,13-14,18-19H,6-7,9-11H2,1-5H3/t13-,14-,16-,17+/m0/s1. The summed E-state index contributed by atoms with van der Waals surface area (Å²) >= 11 is 0. The molecule has 0 amide bonds. The Morgan fingerprint density at radius 3 is 2.35 bits per heavy atom. The van der Waals surface area contributed by atoms with Gasteiger partial charge in [0.25, 0.3) is 0 Å². The minimum atomic E-state index is -0.851. The first-order chi connectivity index (χ1) is 9.18. The molecule has 0 aromatic rings. The second-order valence-electron chi connectivity index (χ2n) is 7.57. The molecule has 1 saturated carbocycles. The van der Waals surface area contributed by atoms with Crippen LogP contribution in [0.5, 0.6) is 0 Å². The second-order valence-corrected chi connectivity index (χ2v) is 7.57. The van der Waals surface area contributed by atoms with Crippen LogP contribution in [0.3, 0.4) is 0 Å². The monoisotopic (exact) mass is 282 g/mol. The molecule has 2 aliphatic rings. The van der Waals surface area contributed by atoms with Gasteiger partial charge in [-0.15, -0.1) is 0 Å². The lowest BCUT2D eigenvalue weighted by molar-refractivity contribution is -0.148. The van der Waals surface area contributed by atoms with Gasteiger partial charge >= 0.3 is 0 Å². The van der Waals surface area contributed by atoms with E-state index in [0.717, 1.165) is 12.0 Å². The van der Waals surface area contributed by atoms with E-state index in [2.05, 4.69) is 26.8 Å². The summed E-state index contributed by atoms with van der Waals surface area (Å²) in [4.78, 5) is 0. The van der Waals surface area contributed by atoms with Gasteiger partial charge in [-0.05, 0) is 49.5 Å². The Balaban J connectivity index is 2.33. The molecule has 0 unspecified atom stereocenters. The van der Waals surface area contributed by atoms with E-state index in [1.807, 2.05) is 13.8 Å². The molecule has 0 spiro atoms. The summed E-state index contributed by atoms with van der Waals surface area (Å²) in [7, 11) is 0. The largest absolute Gasteiger partial charge is 0.387 e. The van der Waals surface area contributed by atoms with Crippen LogP contribution in [0.15, 0.2) is 11.6 Å². The Bertz CT molecular complexity index is 401. The van der Waals surface area contributed by atoms with E-state index in [1.165, 1.54) is 12.8 Å². The summed E-state index contributed by atoms with van der Waals surface area (Å²) in [6.07, 6.45) is 4.57. The van der Waals surface area contributed by atoms with Crippen molar-refractivity contribution >= 4 is 0 Å². The third-order valence-corrected chi connectivity index (χ3v) is 6.05. The van der Waals surface area contributed by atoms with E-state index in [4.69, 9.17) is 4.74 Å². The Morgan fingerprint density at radius 2 is 1.85 bits per heavy atom. The van der Waals surface area contributed by atoms with Crippen LogP contribution in [0.25, 0.3) is 0 Å². The fraction of sp³-hybridized carbons (Fsp3) is 0.882. The van der Waals surface area contributed by atoms with Crippen molar-refractivity contribution in [1.82, 2.24) is 0 Å². The maximum Gasteiger partial charge on any atom is 0.113 e.